The van der Waals surface area contributed by atoms with E-state index in [0.29, 0.717) is 29.3 Å². The van der Waals surface area contributed by atoms with Gasteiger partial charge in [-0.25, -0.2) is 0 Å². The molecule has 3 N–H and O–H groups in total. The Labute approximate surface area is 224 Å². The molecule has 1 aliphatic rings. The highest BCUT2D eigenvalue weighted by Gasteiger charge is 2.33. The maximum Gasteiger partial charge on any atom is 0.258 e. The fourth-order valence-corrected chi connectivity index (χ4v) is 4.75. The van der Waals surface area contributed by atoms with E-state index in [9.17, 15) is 9.59 Å². The van der Waals surface area contributed by atoms with Crippen molar-refractivity contribution in [1.82, 2.24) is 4.90 Å². The fourth-order valence-electron chi connectivity index (χ4n) is 4.75. The molecular weight excluding hydrogens is 480 g/mol. The quantitative estimate of drug-likeness (QED) is 0.361. The molecule has 8 nitrogen and oxygen atoms in total. The van der Waals surface area contributed by atoms with Crippen molar-refractivity contribution in [3.05, 3.63) is 83.4 Å². The summed E-state index contributed by atoms with van der Waals surface area (Å²) in [5.74, 6) is 1.30. The van der Waals surface area contributed by atoms with E-state index < -0.39 is 0 Å². The van der Waals surface area contributed by atoms with Crippen LogP contribution in [0.3, 0.4) is 0 Å². The number of quaternary nitrogens is 1. The number of carbonyl (C=O) groups is 2. The van der Waals surface area contributed by atoms with Gasteiger partial charge in [0.15, 0.2) is 0 Å². The number of fused-ring (bicyclic) bond motifs is 1. The van der Waals surface area contributed by atoms with Crippen molar-refractivity contribution < 1.29 is 24.0 Å². The summed E-state index contributed by atoms with van der Waals surface area (Å²) in [6.07, 6.45) is -0.311. The number of methoxy groups -OCH3 is 1. The zero-order valence-electron chi connectivity index (χ0n) is 22.5. The summed E-state index contributed by atoms with van der Waals surface area (Å²) in [5, 5.41) is 6.35. The molecule has 38 heavy (non-hydrogen) atoms. The minimum Gasteiger partial charge on any atom is -0.496 e. The highest BCUT2D eigenvalue weighted by Crippen LogP contribution is 2.34. The summed E-state index contributed by atoms with van der Waals surface area (Å²) < 4.78 is 11.7. The molecule has 0 unspecified atom stereocenters. The van der Waals surface area contributed by atoms with Gasteiger partial charge in [-0.05, 0) is 67.9 Å². The maximum absolute atomic E-state index is 13.6. The zero-order valence-corrected chi connectivity index (χ0v) is 22.5. The number of carbonyl (C=O) groups excluding carboxylic acids is 2. The molecule has 0 aromatic heterocycles. The number of hydrogen-bond donors (Lipinski definition) is 3. The number of hydrogen-bond acceptors (Lipinski definition) is 5. The van der Waals surface area contributed by atoms with Crippen molar-refractivity contribution in [3.63, 3.8) is 0 Å². The molecule has 0 fully saturated rings. The molecule has 3 aromatic rings. The Kier molecular flexibility index (Phi) is 8.86. The molecular formula is C30H37N4O4+. The van der Waals surface area contributed by atoms with Crippen molar-refractivity contribution in [2.45, 2.75) is 33.5 Å². The van der Waals surface area contributed by atoms with Crippen LogP contribution >= 0.6 is 0 Å². The topological polar surface area (TPSA) is 84.3 Å². The maximum atomic E-state index is 13.6. The lowest BCUT2D eigenvalue weighted by Gasteiger charge is -2.38. The highest BCUT2D eigenvalue weighted by atomic mass is 16.5. The third-order valence-electron chi connectivity index (χ3n) is 6.92. The molecule has 0 aliphatic carbocycles. The third kappa shape index (κ3) is 6.26. The first kappa shape index (κ1) is 27.0. The van der Waals surface area contributed by atoms with Crippen molar-refractivity contribution in [2.24, 2.45) is 0 Å². The molecule has 0 saturated heterocycles. The molecule has 8 heteroatoms. The van der Waals surface area contributed by atoms with Gasteiger partial charge >= 0.3 is 0 Å². The van der Waals surface area contributed by atoms with E-state index in [0.717, 1.165) is 36.4 Å². The Hall–Kier alpha value is -4.04. The minimum absolute atomic E-state index is 0.0313. The Morgan fingerprint density at radius 2 is 1.79 bits per heavy atom. The van der Waals surface area contributed by atoms with Crippen LogP contribution in [0.2, 0.25) is 0 Å². The fraction of sp³-hybridized carbons (Fsp3) is 0.333. The Morgan fingerprint density at radius 1 is 1.05 bits per heavy atom. The van der Waals surface area contributed by atoms with Gasteiger partial charge in [0.25, 0.3) is 5.91 Å². The summed E-state index contributed by atoms with van der Waals surface area (Å²) in [6, 6.07) is 20.9. The standard InChI is InChI=1S/C30H36N4O4/c1-5-33(6-2)17-18-34-29(32-27-10-8-7-9-26(27)30(34)36)22-11-16-28(37-4)23(19-22)20-38-25-14-12-24(13-15-25)31-21(3)35/h7-16,19,29,32H,5-6,17-18,20H2,1-4H3,(H,31,35)/p+1/t29-/m0/s1. The Morgan fingerprint density at radius 3 is 2.47 bits per heavy atom. The lowest BCUT2D eigenvalue weighted by molar-refractivity contribution is -0.895. The predicted octanol–water partition coefficient (Wildman–Crippen LogP) is 3.72. The zero-order chi connectivity index (χ0) is 27.1. The molecule has 0 bridgehead atoms. The van der Waals surface area contributed by atoms with Crippen LogP contribution in [0, 0.1) is 0 Å². The van der Waals surface area contributed by atoms with Crippen molar-refractivity contribution in [2.75, 3.05) is 43.9 Å². The lowest BCUT2D eigenvalue weighted by Crippen LogP contribution is -3.12. The van der Waals surface area contributed by atoms with E-state index in [2.05, 4.69) is 24.5 Å². The van der Waals surface area contributed by atoms with E-state index in [1.54, 1.807) is 19.2 Å². The van der Waals surface area contributed by atoms with Crippen molar-refractivity contribution >= 4 is 23.2 Å². The summed E-state index contributed by atoms with van der Waals surface area (Å²) in [4.78, 5) is 28.3. The van der Waals surface area contributed by atoms with E-state index in [4.69, 9.17) is 9.47 Å². The molecule has 0 spiro atoms. The molecule has 3 aromatic carbocycles. The Bertz CT molecular complexity index is 1260. The van der Waals surface area contributed by atoms with Gasteiger partial charge in [-0.1, -0.05) is 18.2 Å². The van der Waals surface area contributed by atoms with Gasteiger partial charge in [0, 0.05) is 23.9 Å². The number of nitrogens with zero attached hydrogens (tertiary/aromatic N) is 1. The average molecular weight is 518 g/mol. The second-order valence-corrected chi connectivity index (χ2v) is 9.36. The number of anilines is 2. The molecule has 200 valence electrons. The van der Waals surface area contributed by atoms with Gasteiger partial charge in [-0.2, -0.15) is 0 Å². The van der Waals surface area contributed by atoms with Crippen molar-refractivity contribution in [1.29, 1.82) is 0 Å². The van der Waals surface area contributed by atoms with Crippen LogP contribution in [0.15, 0.2) is 66.7 Å². The van der Waals surface area contributed by atoms with E-state index >= 15 is 0 Å². The van der Waals surface area contributed by atoms with Gasteiger partial charge in [-0.3, -0.25) is 9.59 Å². The number of amides is 2. The molecule has 1 atom stereocenters. The number of rotatable bonds is 11. The largest absolute Gasteiger partial charge is 0.496 e. The predicted molar refractivity (Wildman–Crippen MR) is 149 cm³/mol. The smallest absolute Gasteiger partial charge is 0.258 e. The highest BCUT2D eigenvalue weighted by molar-refractivity contribution is 6.01. The van der Waals surface area contributed by atoms with Gasteiger partial charge in [0.2, 0.25) is 5.91 Å². The molecule has 0 radical (unpaired) electrons. The molecule has 1 heterocycles. The van der Waals surface area contributed by atoms with Crippen LogP contribution in [-0.2, 0) is 11.4 Å². The summed E-state index contributed by atoms with van der Waals surface area (Å²) in [5.41, 5.74) is 4.07. The Balaban J connectivity index is 1.58. The molecule has 1 aliphatic heterocycles. The summed E-state index contributed by atoms with van der Waals surface area (Å²) in [6.45, 7) is 9.66. The van der Waals surface area contributed by atoms with Crippen LogP contribution in [0.1, 0.15) is 48.4 Å². The van der Waals surface area contributed by atoms with Crippen LogP contribution < -0.4 is 25.0 Å². The summed E-state index contributed by atoms with van der Waals surface area (Å²) in [7, 11) is 1.64. The van der Waals surface area contributed by atoms with Gasteiger partial charge in [-0.15, -0.1) is 0 Å². The number of ether oxygens (including phenoxy) is 2. The molecule has 0 saturated carbocycles. The second kappa shape index (κ2) is 12.5. The molecule has 4 rings (SSSR count). The van der Waals surface area contributed by atoms with Crippen LogP contribution in [0.5, 0.6) is 11.5 Å². The van der Waals surface area contributed by atoms with Crippen LogP contribution in [0.4, 0.5) is 11.4 Å². The van der Waals surface area contributed by atoms with E-state index in [1.165, 1.54) is 11.8 Å². The summed E-state index contributed by atoms with van der Waals surface area (Å²) >= 11 is 0. The average Bonchev–Trinajstić information content (AvgIpc) is 2.93. The van der Waals surface area contributed by atoms with Crippen molar-refractivity contribution in [3.8, 4) is 11.5 Å². The van der Waals surface area contributed by atoms with E-state index in [1.807, 2.05) is 59.5 Å². The van der Waals surface area contributed by atoms with Gasteiger partial charge < -0.3 is 29.9 Å². The number of nitrogens with one attached hydrogen (secondary N) is 3. The van der Waals surface area contributed by atoms with Gasteiger partial charge in [0.05, 0.1) is 38.9 Å². The first-order valence-electron chi connectivity index (χ1n) is 13.1. The minimum atomic E-state index is -0.311. The first-order valence-corrected chi connectivity index (χ1v) is 13.1. The van der Waals surface area contributed by atoms with Crippen LogP contribution in [-0.4, -0.2) is 50.0 Å². The normalized spacial score (nSPS) is 14.6. The SMILES string of the molecule is CC[NH+](CC)CCN1C(=O)c2ccccc2N[C@@H]1c1ccc(OC)c(COc2ccc(NC(C)=O)cc2)c1. The monoisotopic (exact) mass is 517 g/mol. The molecule has 2 amide bonds. The third-order valence-corrected chi connectivity index (χ3v) is 6.92. The number of benzene rings is 3. The first-order chi connectivity index (χ1) is 18.4. The van der Waals surface area contributed by atoms with Gasteiger partial charge in [0.1, 0.15) is 24.3 Å². The number of likely N-dealkylation sites (N-methyl/N-ethyl adjacent to an activating group) is 1. The van der Waals surface area contributed by atoms with E-state index in [-0.39, 0.29) is 24.6 Å². The number of para-hydroxylation sites is 1. The van der Waals surface area contributed by atoms with Crippen LogP contribution in [0.25, 0.3) is 0 Å². The second-order valence-electron chi connectivity index (χ2n) is 9.36. The lowest BCUT2D eigenvalue weighted by atomic mass is 10.0.